The lowest BCUT2D eigenvalue weighted by Crippen LogP contribution is -2.04. The Kier molecular flexibility index (Phi) is 13.2. The highest BCUT2D eigenvalue weighted by Gasteiger charge is 2.25. The highest BCUT2D eigenvalue weighted by molar-refractivity contribution is 6.14. The molecule has 0 unspecified atom stereocenters. The molecule has 4 heterocycles. The Labute approximate surface area is 546 Å². The van der Waals surface area contributed by atoms with Crippen LogP contribution in [0.15, 0.2) is 297 Å². The molecule has 0 aliphatic carbocycles. The van der Waals surface area contributed by atoms with Crippen molar-refractivity contribution in [2.75, 3.05) is 0 Å². The number of hydrogen-bond donors (Lipinski definition) is 0. The van der Waals surface area contributed by atoms with Crippen LogP contribution >= 0.6 is 0 Å². The number of para-hydroxylation sites is 4. The van der Waals surface area contributed by atoms with Crippen LogP contribution in [0.4, 0.5) is 5.69 Å². The maximum Gasteiger partial charge on any atom is 0.189 e. The minimum Gasteiger partial charge on any atom is -0.309 e. The molecule has 0 amide bonds. The van der Waals surface area contributed by atoms with Gasteiger partial charge in [-0.25, -0.2) is 14.8 Å². The fourth-order valence-electron chi connectivity index (χ4n) is 14.0. The summed E-state index contributed by atoms with van der Waals surface area (Å²) in [7, 11) is 0. The lowest BCUT2D eigenvalue weighted by Gasteiger charge is -2.22. The molecule has 95 heavy (non-hydrogen) atoms. The van der Waals surface area contributed by atoms with Gasteiger partial charge < -0.3 is 13.7 Å². The molecule has 4 aromatic heterocycles. The van der Waals surface area contributed by atoms with Gasteiger partial charge in [0.15, 0.2) is 11.5 Å². The maximum absolute atomic E-state index is 10.2. The van der Waals surface area contributed by atoms with Gasteiger partial charge >= 0.3 is 0 Å². The van der Waals surface area contributed by atoms with E-state index in [-0.39, 0.29) is 0 Å². The quantitative estimate of drug-likeness (QED) is 0.126. The van der Waals surface area contributed by atoms with Crippen molar-refractivity contribution in [3.63, 3.8) is 0 Å². The first-order valence-electron chi connectivity index (χ1n) is 31.2. The van der Waals surface area contributed by atoms with E-state index in [1.54, 1.807) is 12.1 Å². The predicted molar refractivity (Wildman–Crippen MR) is 384 cm³/mol. The molecule has 0 fully saturated rings. The van der Waals surface area contributed by atoms with Crippen molar-refractivity contribution in [3.05, 3.63) is 325 Å². The molecule has 0 radical (unpaired) electrons. The van der Waals surface area contributed by atoms with Crippen LogP contribution in [-0.2, 0) is 0 Å². The van der Waals surface area contributed by atoms with Gasteiger partial charge in [0.25, 0.3) is 0 Å². The number of nitriles is 3. The van der Waals surface area contributed by atoms with E-state index in [4.69, 9.17) is 16.5 Å². The Hall–Kier alpha value is -13.7. The Morgan fingerprint density at radius 2 is 0.653 bits per heavy atom. The number of benzene rings is 13. The summed E-state index contributed by atoms with van der Waals surface area (Å²) in [5.74, 6) is 0.550. The molecular formula is C86H49N9. The summed E-state index contributed by atoms with van der Waals surface area (Å²) >= 11 is 0. The fraction of sp³-hybridized carbons (Fsp3) is 0. The van der Waals surface area contributed by atoms with Crippen LogP contribution in [0, 0.1) is 40.6 Å². The largest absolute Gasteiger partial charge is 0.309 e. The SMILES string of the molecule is [C-]#[N+]c1cc(C#N)cc(-c2ccc3c(c2)c2cc(-c4cc(C#N)cc(C#N)c4)ccc2n3-c2c(-c3ccc(-n4c5ccccc5c5ccccc54)cc3)cc(-c3nc(-c4ccccc4)cc(-c4ccccc4)n3)cc2-c2ccc(-n3c4ccccc4c4ccccc43)cc2)c1. The zero-order chi connectivity index (χ0) is 63.7. The molecular weight excluding hydrogens is 1160 g/mol. The van der Waals surface area contributed by atoms with Gasteiger partial charge in [-0.3, -0.25) is 0 Å². The van der Waals surface area contributed by atoms with Crippen molar-refractivity contribution in [2.24, 2.45) is 0 Å². The molecule has 17 rings (SSSR count). The molecule has 0 saturated heterocycles. The first-order chi connectivity index (χ1) is 46.9. The van der Waals surface area contributed by atoms with Crippen LogP contribution in [0.1, 0.15) is 16.7 Å². The van der Waals surface area contributed by atoms with Gasteiger partial charge in [-0.1, -0.05) is 170 Å². The van der Waals surface area contributed by atoms with E-state index in [2.05, 4.69) is 261 Å². The van der Waals surface area contributed by atoms with Crippen LogP contribution in [0.3, 0.4) is 0 Å². The summed E-state index contributed by atoms with van der Waals surface area (Å²) in [4.78, 5) is 14.8. The van der Waals surface area contributed by atoms with Crippen LogP contribution in [-0.4, -0.2) is 23.7 Å². The third kappa shape index (κ3) is 9.45. The van der Waals surface area contributed by atoms with Crippen molar-refractivity contribution in [3.8, 4) is 114 Å². The standard InChI is InChI=1S/C86H49N9/c1-90-66-44-56(53-89)43-64(45-66)62-33-39-84-76(47-62)75-46-61(63-41-54(51-87)40-55(42-63)52-88)32-38-83(75)95(84)85-73(57-28-34-67(35-29-57)93-79-24-12-8-20-69(79)70-21-9-13-25-80(70)93)48-65(86-91-77(59-16-4-2-5-17-59)50-78(92-86)60-18-6-3-7-19-60)49-74(85)58-30-36-68(37-31-58)94-81-26-14-10-22-71(81)72-23-11-15-27-82(72)94/h2-50H. The van der Waals surface area contributed by atoms with Crippen molar-refractivity contribution < 1.29 is 0 Å². The second kappa shape index (κ2) is 22.7. The Balaban J connectivity index is 0.985. The van der Waals surface area contributed by atoms with Crippen molar-refractivity contribution in [1.82, 2.24) is 23.7 Å². The highest BCUT2D eigenvalue weighted by atomic mass is 15.0. The average Bonchev–Trinajstić information content (AvgIpc) is 1.66. The Morgan fingerprint density at radius 3 is 1.06 bits per heavy atom. The summed E-state index contributed by atoms with van der Waals surface area (Å²) in [5, 5.41) is 37.2. The smallest absolute Gasteiger partial charge is 0.189 e. The fourth-order valence-corrected chi connectivity index (χ4v) is 14.0. The summed E-state index contributed by atoms with van der Waals surface area (Å²) < 4.78 is 7.05. The normalized spacial score (nSPS) is 11.3. The van der Waals surface area contributed by atoms with E-state index in [1.807, 2.05) is 60.7 Å². The summed E-state index contributed by atoms with van der Waals surface area (Å²) in [6.07, 6.45) is 0. The molecule has 9 nitrogen and oxygen atoms in total. The molecule has 13 aromatic carbocycles. The number of hydrogen-bond acceptors (Lipinski definition) is 5. The van der Waals surface area contributed by atoms with E-state index < -0.39 is 0 Å². The van der Waals surface area contributed by atoms with Crippen LogP contribution < -0.4 is 0 Å². The van der Waals surface area contributed by atoms with Crippen LogP contribution in [0.2, 0.25) is 0 Å². The van der Waals surface area contributed by atoms with Crippen LogP contribution in [0.5, 0.6) is 0 Å². The van der Waals surface area contributed by atoms with E-state index in [9.17, 15) is 15.8 Å². The number of rotatable bonds is 10. The minimum atomic E-state index is 0.367. The second-order valence-corrected chi connectivity index (χ2v) is 23.8. The van der Waals surface area contributed by atoms with Crippen molar-refractivity contribution in [1.29, 1.82) is 15.8 Å². The highest BCUT2D eigenvalue weighted by Crippen LogP contribution is 2.47. The van der Waals surface area contributed by atoms with Gasteiger partial charge in [-0.05, 0) is 161 Å². The molecule has 0 N–H and O–H groups in total. The van der Waals surface area contributed by atoms with Crippen LogP contribution in [0.25, 0.3) is 166 Å². The van der Waals surface area contributed by atoms with Gasteiger partial charge in [0.05, 0.1) is 86.1 Å². The van der Waals surface area contributed by atoms with Crippen molar-refractivity contribution >= 4 is 71.1 Å². The number of aromatic nitrogens is 5. The molecule has 9 heteroatoms. The lowest BCUT2D eigenvalue weighted by atomic mass is 9.92. The van der Waals surface area contributed by atoms with Crippen molar-refractivity contribution in [2.45, 2.75) is 0 Å². The third-order valence-corrected chi connectivity index (χ3v) is 18.3. The molecule has 438 valence electrons. The minimum absolute atomic E-state index is 0.367. The molecule has 0 saturated carbocycles. The molecule has 0 aliphatic rings. The molecule has 0 atom stereocenters. The molecule has 0 spiro atoms. The van der Waals surface area contributed by atoms with Gasteiger partial charge in [0.1, 0.15) is 0 Å². The van der Waals surface area contributed by atoms with E-state index in [1.165, 1.54) is 21.5 Å². The zero-order valence-corrected chi connectivity index (χ0v) is 50.8. The van der Waals surface area contributed by atoms with E-state index in [0.29, 0.717) is 28.2 Å². The predicted octanol–water partition coefficient (Wildman–Crippen LogP) is 21.6. The molecule has 0 bridgehead atoms. The first kappa shape index (κ1) is 55.4. The first-order valence-corrected chi connectivity index (χ1v) is 31.2. The monoisotopic (exact) mass is 1210 g/mol. The lowest BCUT2D eigenvalue weighted by molar-refractivity contribution is 1.16. The van der Waals surface area contributed by atoms with Gasteiger partial charge in [-0.2, -0.15) is 15.8 Å². The van der Waals surface area contributed by atoms with E-state index >= 15 is 0 Å². The topological polar surface area (TPSA) is 116 Å². The molecule has 17 aromatic rings. The van der Waals surface area contributed by atoms with E-state index in [0.717, 1.165) is 134 Å². The van der Waals surface area contributed by atoms with Gasteiger partial charge in [-0.15, -0.1) is 0 Å². The third-order valence-electron chi connectivity index (χ3n) is 18.3. The Bertz CT molecular complexity index is 5640. The zero-order valence-electron chi connectivity index (χ0n) is 50.8. The van der Waals surface area contributed by atoms with Gasteiger partial charge in [0, 0.05) is 77.1 Å². The van der Waals surface area contributed by atoms with Gasteiger partial charge in [0.2, 0.25) is 0 Å². The second-order valence-electron chi connectivity index (χ2n) is 23.8. The number of fused-ring (bicyclic) bond motifs is 9. The maximum atomic E-state index is 10.2. The molecule has 0 aliphatic heterocycles. The average molecular weight is 1210 g/mol. The summed E-state index contributed by atoms with van der Waals surface area (Å²) in [5.41, 5.74) is 21.7. The number of nitrogens with zero attached hydrogens (tertiary/aromatic N) is 9. The Morgan fingerprint density at radius 1 is 0.284 bits per heavy atom. The summed E-state index contributed by atoms with van der Waals surface area (Å²) in [6, 6.07) is 109. The summed E-state index contributed by atoms with van der Waals surface area (Å²) in [6.45, 7) is 8.01.